The molecule has 0 spiro atoms. The number of amides is 2. The number of carbonyl (C=O) groups excluding carboxylic acids is 2. The van der Waals surface area contributed by atoms with Crippen molar-refractivity contribution < 1.29 is 19.1 Å². The predicted octanol–water partition coefficient (Wildman–Crippen LogP) is 4.45. The second kappa shape index (κ2) is 9.29. The zero-order valence-corrected chi connectivity index (χ0v) is 18.1. The molecule has 31 heavy (non-hydrogen) atoms. The first-order valence-corrected chi connectivity index (χ1v) is 10.8. The van der Waals surface area contributed by atoms with Gasteiger partial charge in [-0.1, -0.05) is 12.1 Å². The highest BCUT2D eigenvalue weighted by Crippen LogP contribution is 2.35. The van der Waals surface area contributed by atoms with Gasteiger partial charge in [0.1, 0.15) is 5.75 Å². The number of anilines is 2. The maximum atomic E-state index is 13.3. The molecule has 0 aliphatic carbocycles. The van der Waals surface area contributed by atoms with Crippen molar-refractivity contribution in [2.45, 2.75) is 31.7 Å². The number of likely N-dealkylation sites (tertiary alicyclic amines) is 1. The highest BCUT2D eigenvalue weighted by molar-refractivity contribution is 5.97. The lowest BCUT2D eigenvalue weighted by molar-refractivity contribution is 0.0600. The maximum Gasteiger partial charge on any atom is 0.337 e. The zero-order chi connectivity index (χ0) is 21.8. The van der Waals surface area contributed by atoms with Crippen LogP contribution in [0.25, 0.3) is 0 Å². The molecule has 0 radical (unpaired) electrons. The Bertz CT molecular complexity index is 956. The van der Waals surface area contributed by atoms with E-state index in [1.54, 1.807) is 19.2 Å². The summed E-state index contributed by atoms with van der Waals surface area (Å²) in [6.07, 6.45) is 4.09. The Morgan fingerprint density at radius 3 is 2.55 bits per heavy atom. The fourth-order valence-corrected chi connectivity index (χ4v) is 4.51. The molecular weight excluding hydrogens is 394 g/mol. The van der Waals surface area contributed by atoms with Crippen LogP contribution in [0.1, 0.15) is 47.6 Å². The Hall–Kier alpha value is -3.22. The van der Waals surface area contributed by atoms with Crippen molar-refractivity contribution in [3.63, 3.8) is 0 Å². The van der Waals surface area contributed by atoms with Crippen molar-refractivity contribution >= 4 is 23.4 Å². The van der Waals surface area contributed by atoms with Crippen LogP contribution in [0.15, 0.2) is 42.5 Å². The van der Waals surface area contributed by atoms with E-state index in [2.05, 4.69) is 10.2 Å². The number of methoxy groups -OCH3 is 2. The summed E-state index contributed by atoms with van der Waals surface area (Å²) in [5.74, 6) is 0.366. The average molecular weight is 424 g/mol. The van der Waals surface area contributed by atoms with Crippen LogP contribution in [-0.4, -0.2) is 50.8 Å². The molecule has 0 bridgehead atoms. The topological polar surface area (TPSA) is 71.1 Å². The molecule has 1 N–H and O–H groups in total. The van der Waals surface area contributed by atoms with Gasteiger partial charge in [0.2, 0.25) is 0 Å². The lowest BCUT2D eigenvalue weighted by Gasteiger charge is -2.28. The Morgan fingerprint density at radius 2 is 1.81 bits per heavy atom. The van der Waals surface area contributed by atoms with Gasteiger partial charge in [0.25, 0.3) is 0 Å². The molecule has 164 valence electrons. The van der Waals surface area contributed by atoms with Crippen LogP contribution in [-0.2, 0) is 4.74 Å². The largest absolute Gasteiger partial charge is 0.497 e. The minimum Gasteiger partial charge on any atom is -0.497 e. The van der Waals surface area contributed by atoms with Gasteiger partial charge in [0, 0.05) is 19.6 Å². The van der Waals surface area contributed by atoms with E-state index in [0.29, 0.717) is 17.8 Å². The van der Waals surface area contributed by atoms with Crippen molar-refractivity contribution in [1.82, 2.24) is 4.90 Å². The van der Waals surface area contributed by atoms with Crippen LogP contribution in [0.2, 0.25) is 0 Å². The van der Waals surface area contributed by atoms with E-state index in [9.17, 15) is 9.59 Å². The van der Waals surface area contributed by atoms with Gasteiger partial charge < -0.3 is 24.6 Å². The third kappa shape index (κ3) is 4.45. The summed E-state index contributed by atoms with van der Waals surface area (Å²) in [5, 5.41) is 3.08. The molecular formula is C24H29N3O4. The number of ether oxygens (including phenoxy) is 2. The van der Waals surface area contributed by atoms with Crippen molar-refractivity contribution in [3.05, 3.63) is 53.6 Å². The van der Waals surface area contributed by atoms with Crippen LogP contribution < -0.4 is 15.0 Å². The highest BCUT2D eigenvalue weighted by Gasteiger charge is 2.31. The molecule has 1 atom stereocenters. The van der Waals surface area contributed by atoms with Gasteiger partial charge in [-0.25, -0.2) is 9.59 Å². The number of nitrogens with one attached hydrogen (secondary N) is 1. The number of hydrogen-bond donors (Lipinski definition) is 1. The minimum atomic E-state index is -0.418. The first kappa shape index (κ1) is 21.0. The second-order valence-corrected chi connectivity index (χ2v) is 7.98. The van der Waals surface area contributed by atoms with Crippen LogP contribution in [0.4, 0.5) is 16.2 Å². The number of benzene rings is 2. The molecule has 2 saturated heterocycles. The molecule has 4 rings (SSSR count). The monoisotopic (exact) mass is 423 g/mol. The maximum absolute atomic E-state index is 13.3. The zero-order valence-electron chi connectivity index (χ0n) is 18.1. The normalized spacial score (nSPS) is 18.2. The summed E-state index contributed by atoms with van der Waals surface area (Å²) in [7, 11) is 3.00. The van der Waals surface area contributed by atoms with Gasteiger partial charge in [0.15, 0.2) is 0 Å². The summed E-state index contributed by atoms with van der Waals surface area (Å²) in [4.78, 5) is 29.5. The van der Waals surface area contributed by atoms with E-state index in [0.717, 1.165) is 55.8 Å². The Labute approximate surface area is 182 Å². The second-order valence-electron chi connectivity index (χ2n) is 7.98. The first-order valence-electron chi connectivity index (χ1n) is 10.8. The van der Waals surface area contributed by atoms with Crippen molar-refractivity contribution in [1.29, 1.82) is 0 Å². The van der Waals surface area contributed by atoms with E-state index in [1.165, 1.54) is 7.11 Å². The summed E-state index contributed by atoms with van der Waals surface area (Å²) >= 11 is 0. The molecule has 2 aliphatic heterocycles. The SMILES string of the molecule is COC(=O)c1ccc(N2CCCC2)c(NC(=O)N2CCC[C@@H]2c2cccc(OC)c2)c1. The van der Waals surface area contributed by atoms with Crippen molar-refractivity contribution in [2.24, 2.45) is 0 Å². The fraction of sp³-hybridized carbons (Fsp3) is 0.417. The quantitative estimate of drug-likeness (QED) is 0.720. The number of esters is 1. The van der Waals surface area contributed by atoms with Crippen molar-refractivity contribution in [2.75, 3.05) is 44.1 Å². The molecule has 0 unspecified atom stereocenters. The predicted molar refractivity (Wildman–Crippen MR) is 120 cm³/mol. The number of nitrogens with zero attached hydrogens (tertiary/aromatic N) is 2. The first-order chi connectivity index (χ1) is 15.1. The molecule has 0 aromatic heterocycles. The van der Waals surface area contributed by atoms with Crippen LogP contribution in [0, 0.1) is 0 Å². The summed E-state index contributed by atoms with van der Waals surface area (Å²) < 4.78 is 10.2. The molecule has 2 amide bonds. The molecule has 7 nitrogen and oxygen atoms in total. The van der Waals surface area contributed by atoms with Gasteiger partial charge in [0.05, 0.1) is 37.2 Å². The third-order valence-corrected chi connectivity index (χ3v) is 6.10. The van der Waals surface area contributed by atoms with Crippen LogP contribution >= 0.6 is 0 Å². The Kier molecular flexibility index (Phi) is 6.30. The molecule has 2 fully saturated rings. The van der Waals surface area contributed by atoms with Gasteiger partial charge in [-0.05, 0) is 61.6 Å². The van der Waals surface area contributed by atoms with Gasteiger partial charge in [-0.15, -0.1) is 0 Å². The van der Waals surface area contributed by atoms with E-state index < -0.39 is 5.97 Å². The van der Waals surface area contributed by atoms with Crippen LogP contribution in [0.3, 0.4) is 0 Å². The number of carbonyl (C=O) groups is 2. The molecule has 2 heterocycles. The van der Waals surface area contributed by atoms with Gasteiger partial charge in [-0.2, -0.15) is 0 Å². The summed E-state index contributed by atoms with van der Waals surface area (Å²) in [6.45, 7) is 2.57. The number of urea groups is 1. The molecule has 0 saturated carbocycles. The van der Waals surface area contributed by atoms with Crippen LogP contribution in [0.5, 0.6) is 5.75 Å². The number of rotatable bonds is 5. The molecule has 7 heteroatoms. The minimum absolute atomic E-state index is 0.00544. The third-order valence-electron chi connectivity index (χ3n) is 6.10. The lowest BCUT2D eigenvalue weighted by Crippen LogP contribution is -2.35. The van der Waals surface area contributed by atoms with Crippen molar-refractivity contribution in [3.8, 4) is 5.75 Å². The summed E-state index contributed by atoms with van der Waals surface area (Å²) in [5.41, 5.74) is 3.07. The highest BCUT2D eigenvalue weighted by atomic mass is 16.5. The molecule has 2 aromatic rings. The number of hydrogen-bond acceptors (Lipinski definition) is 5. The van der Waals surface area contributed by atoms with E-state index in [1.807, 2.05) is 35.2 Å². The van der Waals surface area contributed by atoms with E-state index in [-0.39, 0.29) is 12.1 Å². The lowest BCUT2D eigenvalue weighted by atomic mass is 10.0. The van der Waals surface area contributed by atoms with Gasteiger partial charge in [-0.3, -0.25) is 0 Å². The van der Waals surface area contributed by atoms with E-state index >= 15 is 0 Å². The Balaban J connectivity index is 1.59. The standard InChI is InChI=1S/C24H29N3O4/c1-30-19-8-5-7-17(15-19)21-9-6-14-27(21)24(29)25-20-16-18(23(28)31-2)10-11-22(20)26-12-3-4-13-26/h5,7-8,10-11,15-16,21H,3-4,6,9,12-14H2,1-2H3,(H,25,29)/t21-/m1/s1. The molecule has 2 aromatic carbocycles. The fourth-order valence-electron chi connectivity index (χ4n) is 4.51. The average Bonchev–Trinajstić information content (AvgIpc) is 3.51. The smallest absolute Gasteiger partial charge is 0.337 e. The Morgan fingerprint density at radius 1 is 1.00 bits per heavy atom. The van der Waals surface area contributed by atoms with Gasteiger partial charge >= 0.3 is 12.0 Å². The molecule has 2 aliphatic rings. The van der Waals surface area contributed by atoms with E-state index in [4.69, 9.17) is 9.47 Å². The summed E-state index contributed by atoms with van der Waals surface area (Å²) in [6, 6.07) is 13.1.